The summed E-state index contributed by atoms with van der Waals surface area (Å²) in [6.45, 7) is 1.89. The van der Waals surface area contributed by atoms with Gasteiger partial charge in [0.15, 0.2) is 0 Å². The third kappa shape index (κ3) is 2.22. The summed E-state index contributed by atoms with van der Waals surface area (Å²) in [7, 11) is 0. The lowest BCUT2D eigenvalue weighted by atomic mass is 9.88. The monoisotopic (exact) mass is 296 g/mol. The molecule has 1 atom stereocenters. The van der Waals surface area contributed by atoms with Gasteiger partial charge in [0.1, 0.15) is 17.1 Å². The molecule has 0 aliphatic rings. The molecule has 3 aromatic rings. The van der Waals surface area contributed by atoms with E-state index in [0.717, 1.165) is 0 Å². The van der Waals surface area contributed by atoms with E-state index < -0.39 is 11.5 Å². The van der Waals surface area contributed by atoms with Crippen molar-refractivity contribution in [1.82, 2.24) is 0 Å². The van der Waals surface area contributed by atoms with E-state index in [0.29, 0.717) is 23.0 Å². The van der Waals surface area contributed by atoms with Crippen LogP contribution in [0.25, 0.3) is 11.0 Å². The third-order valence-electron chi connectivity index (χ3n) is 3.89. The molecule has 0 aliphatic heterocycles. The van der Waals surface area contributed by atoms with E-state index in [-0.39, 0.29) is 17.1 Å². The lowest BCUT2D eigenvalue weighted by Crippen LogP contribution is -2.14. The minimum atomic E-state index is -0.577. The molecule has 4 heteroatoms. The van der Waals surface area contributed by atoms with Gasteiger partial charge in [-0.15, -0.1) is 0 Å². The average Bonchev–Trinajstić information content (AvgIpc) is 2.52. The Labute approximate surface area is 127 Å². The largest absolute Gasteiger partial charge is 0.508 e. The van der Waals surface area contributed by atoms with Crippen molar-refractivity contribution in [2.75, 3.05) is 0 Å². The van der Waals surface area contributed by atoms with E-state index in [1.54, 1.807) is 48.5 Å². The first-order chi connectivity index (χ1) is 10.6. The summed E-state index contributed by atoms with van der Waals surface area (Å²) in [6.07, 6.45) is 0.550. The number of phenols is 1. The Hall–Kier alpha value is -2.75. The van der Waals surface area contributed by atoms with Crippen LogP contribution in [0.15, 0.2) is 57.7 Å². The number of rotatable bonds is 3. The number of para-hydroxylation sites is 2. The molecule has 2 N–H and O–H groups in total. The van der Waals surface area contributed by atoms with E-state index in [4.69, 9.17) is 4.42 Å². The second-order valence-electron chi connectivity index (χ2n) is 5.17. The van der Waals surface area contributed by atoms with Gasteiger partial charge in [-0.3, -0.25) is 0 Å². The molecule has 0 fully saturated rings. The van der Waals surface area contributed by atoms with Crippen LogP contribution in [-0.4, -0.2) is 10.2 Å². The molecular formula is C18H16O4. The summed E-state index contributed by atoms with van der Waals surface area (Å²) in [5.41, 5.74) is 0.553. The smallest absolute Gasteiger partial charge is 0.343 e. The predicted molar refractivity (Wildman–Crippen MR) is 84.4 cm³/mol. The first-order valence-corrected chi connectivity index (χ1v) is 7.16. The van der Waals surface area contributed by atoms with Crippen LogP contribution >= 0.6 is 0 Å². The highest BCUT2D eigenvalue weighted by molar-refractivity contribution is 5.84. The molecule has 0 amide bonds. The van der Waals surface area contributed by atoms with Crippen molar-refractivity contribution in [3.8, 4) is 11.5 Å². The fourth-order valence-electron chi connectivity index (χ4n) is 2.82. The normalized spacial score (nSPS) is 12.4. The van der Waals surface area contributed by atoms with Gasteiger partial charge in [-0.25, -0.2) is 4.79 Å². The third-order valence-corrected chi connectivity index (χ3v) is 3.89. The molecule has 112 valence electrons. The molecule has 0 radical (unpaired) electrons. The van der Waals surface area contributed by atoms with Gasteiger partial charge in [0.05, 0.1) is 10.9 Å². The van der Waals surface area contributed by atoms with Crippen molar-refractivity contribution in [3.05, 3.63) is 70.1 Å². The summed E-state index contributed by atoms with van der Waals surface area (Å²) < 4.78 is 5.32. The van der Waals surface area contributed by atoms with Gasteiger partial charge in [-0.2, -0.15) is 0 Å². The quantitative estimate of drug-likeness (QED) is 0.722. The number of hydrogen-bond donors (Lipinski definition) is 2. The summed E-state index contributed by atoms with van der Waals surface area (Å²) in [6, 6.07) is 13.7. The molecule has 3 rings (SSSR count). The van der Waals surface area contributed by atoms with Gasteiger partial charge in [-0.05, 0) is 24.6 Å². The average molecular weight is 296 g/mol. The van der Waals surface area contributed by atoms with Gasteiger partial charge in [-0.1, -0.05) is 37.3 Å². The summed E-state index contributed by atoms with van der Waals surface area (Å²) in [4.78, 5) is 12.3. The van der Waals surface area contributed by atoms with Crippen LogP contribution in [0.4, 0.5) is 0 Å². The van der Waals surface area contributed by atoms with Crippen molar-refractivity contribution >= 4 is 11.0 Å². The molecule has 1 aromatic heterocycles. The first-order valence-electron chi connectivity index (χ1n) is 7.16. The summed E-state index contributed by atoms with van der Waals surface area (Å²) in [5.74, 6) is -0.412. The molecular weight excluding hydrogens is 280 g/mol. The highest BCUT2D eigenvalue weighted by Crippen LogP contribution is 2.38. The van der Waals surface area contributed by atoms with Crippen LogP contribution in [0.2, 0.25) is 0 Å². The van der Waals surface area contributed by atoms with Crippen LogP contribution in [0.3, 0.4) is 0 Å². The molecule has 2 aromatic carbocycles. The van der Waals surface area contributed by atoms with Crippen molar-refractivity contribution in [1.29, 1.82) is 0 Å². The van der Waals surface area contributed by atoms with E-state index >= 15 is 0 Å². The van der Waals surface area contributed by atoms with Gasteiger partial charge in [0, 0.05) is 11.5 Å². The maximum Gasteiger partial charge on any atom is 0.343 e. The molecule has 0 unspecified atom stereocenters. The number of phenolic OH excluding ortho intramolecular Hbond substituents is 1. The van der Waals surface area contributed by atoms with E-state index in [9.17, 15) is 15.0 Å². The van der Waals surface area contributed by atoms with Crippen LogP contribution < -0.4 is 5.63 Å². The van der Waals surface area contributed by atoms with Crippen LogP contribution in [0.1, 0.15) is 30.4 Å². The maximum absolute atomic E-state index is 12.3. The Morgan fingerprint density at radius 3 is 2.45 bits per heavy atom. The van der Waals surface area contributed by atoms with Crippen molar-refractivity contribution < 1.29 is 14.6 Å². The number of aromatic hydroxyl groups is 2. The summed E-state index contributed by atoms with van der Waals surface area (Å²) >= 11 is 0. The predicted octanol–water partition coefficient (Wildman–Crippen LogP) is 3.75. The standard InChI is InChI=1S/C18H16O4/c1-2-11(12-7-3-5-9-14(12)19)16-17(20)13-8-4-6-10-15(13)22-18(16)21/h3-11,19-20H,2H2,1H3/t11-/m1/s1. The SMILES string of the molecule is CC[C@H](c1ccccc1O)c1c(O)c2ccccc2oc1=O. The molecule has 1 heterocycles. The van der Waals surface area contributed by atoms with Crippen LogP contribution in [0, 0.1) is 0 Å². The van der Waals surface area contributed by atoms with Gasteiger partial charge < -0.3 is 14.6 Å². The van der Waals surface area contributed by atoms with Crippen LogP contribution in [0.5, 0.6) is 11.5 Å². The van der Waals surface area contributed by atoms with Gasteiger partial charge in [0.25, 0.3) is 0 Å². The number of hydrogen-bond acceptors (Lipinski definition) is 4. The highest BCUT2D eigenvalue weighted by atomic mass is 16.4. The zero-order valence-corrected chi connectivity index (χ0v) is 12.1. The molecule has 0 saturated heterocycles. The van der Waals surface area contributed by atoms with Crippen molar-refractivity contribution in [3.63, 3.8) is 0 Å². The Kier molecular flexibility index (Phi) is 3.59. The number of benzene rings is 2. The Balaban J connectivity index is 2.28. The molecule has 0 aliphatic carbocycles. The zero-order valence-electron chi connectivity index (χ0n) is 12.1. The highest BCUT2D eigenvalue weighted by Gasteiger charge is 2.24. The van der Waals surface area contributed by atoms with Crippen molar-refractivity contribution in [2.45, 2.75) is 19.3 Å². The zero-order chi connectivity index (χ0) is 15.7. The van der Waals surface area contributed by atoms with E-state index in [1.165, 1.54) is 0 Å². The molecule has 0 saturated carbocycles. The molecule has 22 heavy (non-hydrogen) atoms. The minimum Gasteiger partial charge on any atom is -0.508 e. The fraction of sp³-hybridized carbons (Fsp3) is 0.167. The van der Waals surface area contributed by atoms with Crippen LogP contribution in [-0.2, 0) is 0 Å². The maximum atomic E-state index is 12.3. The first kappa shape index (κ1) is 14.2. The minimum absolute atomic E-state index is 0.0815. The van der Waals surface area contributed by atoms with E-state index in [1.807, 2.05) is 6.92 Å². The Morgan fingerprint density at radius 1 is 1.05 bits per heavy atom. The number of fused-ring (bicyclic) bond motifs is 1. The lowest BCUT2D eigenvalue weighted by molar-refractivity contribution is 0.441. The summed E-state index contributed by atoms with van der Waals surface area (Å²) in [5, 5.41) is 21.1. The second kappa shape index (κ2) is 5.56. The molecule has 0 bridgehead atoms. The molecule has 0 spiro atoms. The molecule has 4 nitrogen and oxygen atoms in total. The lowest BCUT2D eigenvalue weighted by Gasteiger charge is -2.17. The topological polar surface area (TPSA) is 70.7 Å². The van der Waals surface area contributed by atoms with E-state index in [2.05, 4.69) is 0 Å². The van der Waals surface area contributed by atoms with Crippen molar-refractivity contribution in [2.24, 2.45) is 0 Å². The fourth-order valence-corrected chi connectivity index (χ4v) is 2.82. The Morgan fingerprint density at radius 2 is 1.73 bits per heavy atom. The second-order valence-corrected chi connectivity index (χ2v) is 5.17. The Bertz CT molecular complexity index is 880. The van der Waals surface area contributed by atoms with Gasteiger partial charge >= 0.3 is 5.63 Å². The van der Waals surface area contributed by atoms with Gasteiger partial charge in [0.2, 0.25) is 0 Å².